The summed E-state index contributed by atoms with van der Waals surface area (Å²) < 4.78 is 23.0. The van der Waals surface area contributed by atoms with Crippen LogP contribution in [0.2, 0.25) is 0 Å². The highest BCUT2D eigenvalue weighted by Gasteiger charge is 2.46. The Balaban J connectivity index is 0.000000877. The summed E-state index contributed by atoms with van der Waals surface area (Å²) in [5, 5.41) is 20.1. The second-order valence-electron chi connectivity index (χ2n) is 10.1. The van der Waals surface area contributed by atoms with E-state index in [9.17, 15) is 10.0 Å². The second kappa shape index (κ2) is 13.5. The minimum Gasteiger partial charge on any atom is -0.497 e. The summed E-state index contributed by atoms with van der Waals surface area (Å²) in [5.74, 6) is 1.88. The van der Waals surface area contributed by atoms with Crippen LogP contribution in [0.5, 0.6) is 17.2 Å². The van der Waals surface area contributed by atoms with Gasteiger partial charge in [-0.1, -0.05) is 43.3 Å². The van der Waals surface area contributed by atoms with Gasteiger partial charge in [0.1, 0.15) is 22.8 Å². The summed E-state index contributed by atoms with van der Waals surface area (Å²) in [5.41, 5.74) is 1.30. The lowest BCUT2D eigenvalue weighted by molar-refractivity contribution is -0.849. The van der Waals surface area contributed by atoms with Crippen LogP contribution in [0.25, 0.3) is 0 Å². The highest BCUT2D eigenvalue weighted by atomic mass is 16.6. The summed E-state index contributed by atoms with van der Waals surface area (Å²) in [4.78, 5) is 0. The molecule has 0 aliphatic carbocycles. The van der Waals surface area contributed by atoms with Crippen molar-refractivity contribution in [1.82, 2.24) is 0 Å². The van der Waals surface area contributed by atoms with Crippen LogP contribution in [-0.4, -0.2) is 71.4 Å². The van der Waals surface area contributed by atoms with Crippen molar-refractivity contribution in [3.05, 3.63) is 89.5 Å². The van der Waals surface area contributed by atoms with Gasteiger partial charge in [-0.15, -0.1) is 0 Å². The van der Waals surface area contributed by atoms with E-state index < -0.39 is 12.9 Å². The molecule has 3 rings (SSSR count). The van der Waals surface area contributed by atoms with Gasteiger partial charge in [-0.2, -0.15) is 0 Å². The van der Waals surface area contributed by atoms with Crippen LogP contribution >= 0.6 is 0 Å². The molecule has 2 N–H and O–H groups in total. The largest absolute Gasteiger partial charge is 0.634 e. The van der Waals surface area contributed by atoms with Crippen molar-refractivity contribution in [2.24, 2.45) is 0 Å². The first-order valence-electron chi connectivity index (χ1n) is 12.2. The van der Waals surface area contributed by atoms with E-state index in [0.717, 1.165) is 26.9 Å². The van der Waals surface area contributed by atoms with Crippen molar-refractivity contribution in [2.75, 3.05) is 49.5 Å². The van der Waals surface area contributed by atoms with Gasteiger partial charge < -0.3 is 33.4 Å². The third-order valence-corrected chi connectivity index (χ3v) is 5.75. The lowest BCUT2D eigenvalue weighted by Gasteiger charge is -2.42. The van der Waals surface area contributed by atoms with E-state index in [-0.39, 0.29) is 5.92 Å². The van der Waals surface area contributed by atoms with E-state index in [1.54, 1.807) is 21.3 Å². The Bertz CT molecular complexity index is 1010. The van der Waals surface area contributed by atoms with Gasteiger partial charge in [0.15, 0.2) is 0 Å². The molecule has 0 fully saturated rings. The number of nitrogens with zero attached hydrogens (tertiary/aromatic N) is 1. The van der Waals surface area contributed by atoms with Crippen molar-refractivity contribution in [1.29, 1.82) is 0 Å². The molecule has 7 nitrogen and oxygen atoms in total. The molecule has 0 aromatic heterocycles. The zero-order valence-corrected chi connectivity index (χ0v) is 23.3. The predicted molar refractivity (Wildman–Crippen MR) is 148 cm³/mol. The van der Waals surface area contributed by atoms with Gasteiger partial charge >= 0.3 is 7.32 Å². The molecule has 8 heteroatoms. The van der Waals surface area contributed by atoms with E-state index in [1.807, 2.05) is 79.7 Å². The molecule has 0 aliphatic heterocycles. The predicted octanol–water partition coefficient (Wildman–Crippen LogP) is 4.46. The molecule has 200 valence electrons. The molecule has 3 aromatic rings. The maximum Gasteiger partial charge on any atom is 0.634 e. The number of quaternary nitrogens is 1. The SMILES string of the molecule is CCC(c1ccc(OC)cc1)C(OB(O)O)(c1ccc(OC)cc1)c1ccc(OC)cc1.C[N+](C)(C)C. The first-order valence-corrected chi connectivity index (χ1v) is 12.2. The molecule has 0 aliphatic rings. The Morgan fingerprint density at radius 2 is 1.00 bits per heavy atom. The number of methoxy groups -OCH3 is 3. The summed E-state index contributed by atoms with van der Waals surface area (Å²) in [7, 11) is 11.3. The van der Waals surface area contributed by atoms with Gasteiger partial charge in [0.25, 0.3) is 0 Å². The third kappa shape index (κ3) is 8.23. The Hall–Kier alpha value is -3.04. The van der Waals surface area contributed by atoms with E-state index in [1.165, 1.54) is 0 Å². The van der Waals surface area contributed by atoms with Crippen LogP contribution in [-0.2, 0) is 10.3 Å². The van der Waals surface area contributed by atoms with Crippen LogP contribution in [0, 0.1) is 0 Å². The quantitative estimate of drug-likeness (QED) is 0.310. The molecule has 1 unspecified atom stereocenters. The minimum atomic E-state index is -1.99. The Morgan fingerprint density at radius 3 is 1.27 bits per heavy atom. The van der Waals surface area contributed by atoms with Crippen LogP contribution < -0.4 is 14.2 Å². The van der Waals surface area contributed by atoms with Crippen molar-refractivity contribution in [2.45, 2.75) is 24.9 Å². The normalized spacial score (nSPS) is 12.2. The number of ether oxygens (including phenoxy) is 3. The van der Waals surface area contributed by atoms with E-state index >= 15 is 0 Å². The van der Waals surface area contributed by atoms with E-state index in [2.05, 4.69) is 28.2 Å². The van der Waals surface area contributed by atoms with Gasteiger partial charge in [-0.25, -0.2) is 0 Å². The smallest absolute Gasteiger partial charge is 0.497 e. The molecule has 37 heavy (non-hydrogen) atoms. The van der Waals surface area contributed by atoms with Crippen LogP contribution in [0.3, 0.4) is 0 Å². The topological polar surface area (TPSA) is 77.4 Å². The van der Waals surface area contributed by atoms with Crippen LogP contribution in [0.15, 0.2) is 72.8 Å². The summed E-state index contributed by atoms with van der Waals surface area (Å²) in [6, 6.07) is 22.6. The van der Waals surface area contributed by atoms with Crippen molar-refractivity contribution >= 4 is 7.32 Å². The average Bonchev–Trinajstić information content (AvgIpc) is 2.87. The van der Waals surface area contributed by atoms with Crippen molar-refractivity contribution < 1.29 is 33.4 Å². The van der Waals surface area contributed by atoms with E-state index in [4.69, 9.17) is 18.9 Å². The molecule has 0 amide bonds. The molecule has 1 atom stereocenters. The molecule has 0 spiro atoms. The van der Waals surface area contributed by atoms with Gasteiger partial charge in [-0.3, -0.25) is 0 Å². The first-order chi connectivity index (χ1) is 17.5. The minimum absolute atomic E-state index is 0.253. The fourth-order valence-electron chi connectivity index (χ4n) is 4.22. The van der Waals surface area contributed by atoms with Crippen molar-refractivity contribution in [3.8, 4) is 17.2 Å². The standard InChI is InChI=1S/C25H29BO6.C4H12N/c1-5-24(18-6-12-21(29-2)13-7-18)25(32-26(27)28,19-8-14-22(30-3)15-9-19)20-10-16-23(31-4)17-11-20;1-5(2,3)4/h6-17,24,27-28H,5H2,1-4H3;1-4H3/q;+1. The second-order valence-corrected chi connectivity index (χ2v) is 10.1. The first kappa shape index (κ1) is 30.2. The lowest BCUT2D eigenvalue weighted by atomic mass is 9.70. The molecular formula is C29H41BNO6+. The Morgan fingerprint density at radius 1 is 0.676 bits per heavy atom. The highest BCUT2D eigenvalue weighted by Crippen LogP contribution is 2.48. The van der Waals surface area contributed by atoms with Crippen LogP contribution in [0.4, 0.5) is 0 Å². The number of hydrogen-bond acceptors (Lipinski definition) is 6. The molecule has 0 saturated carbocycles. The third-order valence-electron chi connectivity index (χ3n) is 5.75. The molecule has 3 aromatic carbocycles. The fraction of sp³-hybridized carbons (Fsp3) is 0.379. The van der Waals surface area contributed by atoms with Gasteiger partial charge in [0.05, 0.1) is 49.5 Å². The molecule has 0 radical (unpaired) electrons. The summed E-state index contributed by atoms with van der Waals surface area (Å²) in [6.45, 7) is 2.05. The maximum atomic E-state index is 10.0. The number of hydrogen-bond donors (Lipinski definition) is 2. The molecule has 0 saturated heterocycles. The zero-order chi connectivity index (χ0) is 27.6. The summed E-state index contributed by atoms with van der Waals surface area (Å²) >= 11 is 0. The molecule has 0 heterocycles. The highest BCUT2D eigenvalue weighted by molar-refractivity contribution is 6.32. The fourth-order valence-corrected chi connectivity index (χ4v) is 4.22. The Labute approximate surface area is 222 Å². The number of benzene rings is 3. The average molecular weight is 510 g/mol. The van der Waals surface area contributed by atoms with Gasteiger partial charge in [0, 0.05) is 5.92 Å². The zero-order valence-electron chi connectivity index (χ0n) is 23.3. The lowest BCUT2D eigenvalue weighted by Crippen LogP contribution is -2.43. The number of rotatable bonds is 10. The molecular weight excluding hydrogens is 469 g/mol. The van der Waals surface area contributed by atoms with Gasteiger partial charge in [0.2, 0.25) is 0 Å². The Kier molecular flexibility index (Phi) is 11.0. The summed E-state index contributed by atoms with van der Waals surface area (Å²) in [6.07, 6.45) is 0.664. The monoisotopic (exact) mass is 510 g/mol. The maximum absolute atomic E-state index is 10.0. The van der Waals surface area contributed by atoms with E-state index in [0.29, 0.717) is 17.9 Å². The molecule has 0 bridgehead atoms. The van der Waals surface area contributed by atoms with Gasteiger partial charge in [-0.05, 0) is 59.5 Å². The van der Waals surface area contributed by atoms with Crippen LogP contribution in [0.1, 0.15) is 36.0 Å². The van der Waals surface area contributed by atoms with Crippen molar-refractivity contribution in [3.63, 3.8) is 0 Å².